The van der Waals surface area contributed by atoms with Crippen molar-refractivity contribution in [1.29, 1.82) is 5.41 Å². The minimum atomic E-state index is -0.343. The van der Waals surface area contributed by atoms with Crippen LogP contribution in [0.1, 0.15) is 17.5 Å². The lowest BCUT2D eigenvalue weighted by Crippen LogP contribution is -2.91. The first-order valence-corrected chi connectivity index (χ1v) is 12.0. The molecule has 0 saturated carbocycles. The van der Waals surface area contributed by atoms with Crippen LogP contribution in [0.15, 0.2) is 53.5 Å². The molecule has 0 unspecified atom stereocenters. The summed E-state index contributed by atoms with van der Waals surface area (Å²) in [5, 5.41) is 8.74. The number of ether oxygens (including phenoxy) is 4. The highest BCUT2D eigenvalue weighted by Crippen LogP contribution is 2.29. The molecule has 2 rings (SSSR count). The zero-order chi connectivity index (χ0) is 28.6. The minimum Gasteiger partial charge on any atom is -0.493 e. The molecule has 2 aromatic rings. The number of carbonyl (C=O) groups is 2. The number of nitrogens with two attached hydrogens (primary N) is 4. The maximum Gasteiger partial charge on any atom is 0.288 e. The van der Waals surface area contributed by atoms with Crippen molar-refractivity contribution < 1.29 is 33.9 Å². The van der Waals surface area contributed by atoms with Crippen molar-refractivity contribution in [3.8, 4) is 23.0 Å². The van der Waals surface area contributed by atoms with Gasteiger partial charge in [0, 0.05) is 0 Å². The Morgan fingerprint density at radius 3 is 1.82 bits per heavy atom. The lowest BCUT2D eigenvalue weighted by Gasteiger charge is -2.10. The summed E-state index contributed by atoms with van der Waals surface area (Å²) >= 11 is 0. The molecule has 0 aliphatic heterocycles. The predicted molar refractivity (Wildman–Crippen MR) is 149 cm³/mol. The zero-order valence-electron chi connectivity index (χ0n) is 22.0. The average molecular weight is 540 g/mol. The van der Waals surface area contributed by atoms with Gasteiger partial charge in [0.05, 0.1) is 27.2 Å². The second kappa shape index (κ2) is 16.1. The number of aliphatic imine (C=N–C) groups is 1. The van der Waals surface area contributed by atoms with Crippen molar-refractivity contribution in [2.24, 2.45) is 22.2 Å². The van der Waals surface area contributed by atoms with Gasteiger partial charge in [0.25, 0.3) is 5.96 Å². The first kappa shape index (κ1) is 30.4. The lowest BCUT2D eigenvalue weighted by molar-refractivity contribution is -0.544. The standard InChI is InChI=1S/C27H34N6O6/c1-36-24-15-18(5-9-22(24)38-13-11-32-26(28)29)3-7-20(34)17-21(35)8-4-19-6-10-23(25(16-19)37-2)39-14-12-33-27(30)31/h3-10,15-16H,11-14,17H2,1-2H3,(H4,28,29,32)(H4,30,31,33)/p+1/b7-3+,8-4+. The molecule has 0 aliphatic carbocycles. The Bertz CT molecular complexity index is 1240. The molecule has 208 valence electrons. The zero-order valence-corrected chi connectivity index (χ0v) is 22.0. The largest absolute Gasteiger partial charge is 0.493 e. The van der Waals surface area contributed by atoms with E-state index in [-0.39, 0.29) is 36.5 Å². The molecule has 0 saturated heterocycles. The topological polar surface area (TPSA) is 202 Å². The number of hydrogen-bond acceptors (Lipinski definition) is 8. The van der Waals surface area contributed by atoms with Gasteiger partial charge in [0.1, 0.15) is 19.8 Å². The summed E-state index contributed by atoms with van der Waals surface area (Å²) in [5.41, 5.74) is 17.3. The van der Waals surface area contributed by atoms with E-state index in [1.54, 1.807) is 53.9 Å². The van der Waals surface area contributed by atoms with Crippen LogP contribution in [0.25, 0.3) is 12.2 Å². The molecule has 0 amide bonds. The van der Waals surface area contributed by atoms with E-state index < -0.39 is 0 Å². The first-order chi connectivity index (χ1) is 18.7. The predicted octanol–water partition coefficient (Wildman–Crippen LogP) is 0.447. The highest BCUT2D eigenvalue weighted by Gasteiger charge is 2.08. The van der Waals surface area contributed by atoms with Crippen molar-refractivity contribution in [2.45, 2.75) is 6.42 Å². The fourth-order valence-electron chi connectivity index (χ4n) is 3.20. The molecule has 12 heteroatoms. The number of ketones is 2. The van der Waals surface area contributed by atoms with Crippen LogP contribution in [0.4, 0.5) is 0 Å². The van der Waals surface area contributed by atoms with Crippen LogP contribution in [0.5, 0.6) is 23.0 Å². The molecule has 39 heavy (non-hydrogen) atoms. The van der Waals surface area contributed by atoms with E-state index in [2.05, 4.69) is 4.99 Å². The van der Waals surface area contributed by atoms with Crippen LogP contribution in [0.2, 0.25) is 0 Å². The normalized spacial score (nSPS) is 10.8. The third-order valence-corrected chi connectivity index (χ3v) is 5.03. The van der Waals surface area contributed by atoms with Gasteiger partial charge in [-0.15, -0.1) is 0 Å². The molecule has 9 N–H and O–H groups in total. The molecular formula is C27H35N6O6+. The Morgan fingerprint density at radius 2 is 1.36 bits per heavy atom. The molecular weight excluding hydrogens is 504 g/mol. The number of carbonyl (C=O) groups excluding carboxylic acids is 2. The third-order valence-electron chi connectivity index (χ3n) is 5.03. The maximum atomic E-state index is 12.3. The van der Waals surface area contributed by atoms with Crippen LogP contribution >= 0.6 is 0 Å². The van der Waals surface area contributed by atoms with Gasteiger partial charge in [0.2, 0.25) is 0 Å². The summed E-state index contributed by atoms with van der Waals surface area (Å²) in [5.74, 6) is 1.30. The first-order valence-electron chi connectivity index (χ1n) is 12.0. The van der Waals surface area contributed by atoms with Gasteiger partial charge >= 0.3 is 0 Å². The van der Waals surface area contributed by atoms with E-state index in [9.17, 15) is 9.59 Å². The van der Waals surface area contributed by atoms with E-state index >= 15 is 0 Å². The Morgan fingerprint density at radius 1 is 0.846 bits per heavy atom. The van der Waals surface area contributed by atoms with E-state index in [0.717, 1.165) is 0 Å². The third kappa shape index (κ3) is 11.4. The summed E-state index contributed by atoms with van der Waals surface area (Å²) in [6, 6.07) is 10.4. The average Bonchev–Trinajstić information content (AvgIpc) is 2.91. The Balaban J connectivity index is 1.91. The fourth-order valence-corrected chi connectivity index (χ4v) is 3.20. The number of benzene rings is 2. The number of quaternary nitrogens is 1. The smallest absolute Gasteiger partial charge is 0.288 e. The Kier molecular flexibility index (Phi) is 12.5. The van der Waals surface area contributed by atoms with Crippen LogP contribution in [0.3, 0.4) is 0 Å². The summed E-state index contributed by atoms with van der Waals surface area (Å²) in [6.45, 7) is 1.40. The van der Waals surface area contributed by atoms with Crippen molar-refractivity contribution in [3.63, 3.8) is 0 Å². The number of methoxy groups -OCH3 is 2. The Labute approximate surface area is 227 Å². The van der Waals surface area contributed by atoms with E-state index in [1.807, 2.05) is 0 Å². The van der Waals surface area contributed by atoms with Crippen molar-refractivity contribution in [2.75, 3.05) is 40.5 Å². The summed E-state index contributed by atoms with van der Waals surface area (Å²) in [6.07, 6.45) is 5.62. The van der Waals surface area contributed by atoms with Gasteiger partial charge < -0.3 is 36.1 Å². The van der Waals surface area contributed by atoms with Crippen LogP contribution < -0.4 is 41.5 Å². The Hall–Kier alpha value is -4.84. The number of nitrogens with one attached hydrogen (secondary N) is 1. The van der Waals surface area contributed by atoms with Gasteiger partial charge in [-0.1, -0.05) is 24.3 Å². The molecule has 0 spiro atoms. The molecule has 0 radical (unpaired) electrons. The van der Waals surface area contributed by atoms with Gasteiger partial charge in [0.15, 0.2) is 40.5 Å². The van der Waals surface area contributed by atoms with Gasteiger partial charge in [-0.2, -0.15) is 0 Å². The second-order valence-electron chi connectivity index (χ2n) is 8.05. The quantitative estimate of drug-likeness (QED) is 0.0659. The van der Waals surface area contributed by atoms with Crippen molar-refractivity contribution >= 4 is 35.6 Å². The van der Waals surface area contributed by atoms with Crippen LogP contribution in [-0.4, -0.2) is 64.0 Å². The van der Waals surface area contributed by atoms with Crippen molar-refractivity contribution in [3.05, 3.63) is 59.7 Å². The second-order valence-corrected chi connectivity index (χ2v) is 8.05. The van der Waals surface area contributed by atoms with E-state index in [4.69, 9.17) is 41.6 Å². The SMILES string of the molecule is COc1cc(/C=C/C(=O)CC(=O)/C=C/c2ccc(OCC[NH2+]C(=N)N)c(OC)c2)ccc1OCCN=C(N)N. The number of allylic oxidation sites excluding steroid dienone is 2. The lowest BCUT2D eigenvalue weighted by atomic mass is 10.1. The van der Waals surface area contributed by atoms with E-state index in [0.29, 0.717) is 53.8 Å². The summed E-state index contributed by atoms with van der Waals surface area (Å²) < 4.78 is 22.0. The van der Waals surface area contributed by atoms with E-state index in [1.165, 1.54) is 26.4 Å². The number of rotatable bonds is 16. The van der Waals surface area contributed by atoms with Crippen LogP contribution in [0, 0.1) is 5.41 Å². The molecule has 0 fully saturated rings. The maximum absolute atomic E-state index is 12.3. The van der Waals surface area contributed by atoms with Gasteiger partial charge in [-0.3, -0.25) is 19.9 Å². The number of hydrogen-bond donors (Lipinski definition) is 5. The van der Waals surface area contributed by atoms with Crippen molar-refractivity contribution in [1.82, 2.24) is 0 Å². The minimum absolute atomic E-state index is 0.0116. The molecule has 0 aliphatic rings. The highest BCUT2D eigenvalue weighted by atomic mass is 16.5. The number of guanidine groups is 2. The molecule has 0 bridgehead atoms. The van der Waals surface area contributed by atoms with Gasteiger partial charge in [-0.25, -0.2) is 5.41 Å². The number of nitrogens with zero attached hydrogens (tertiary/aromatic N) is 1. The fraction of sp³-hybridized carbons (Fsp3) is 0.259. The molecule has 0 heterocycles. The molecule has 12 nitrogen and oxygen atoms in total. The van der Waals surface area contributed by atoms with Crippen LogP contribution in [-0.2, 0) is 9.59 Å². The molecule has 0 aromatic heterocycles. The highest BCUT2D eigenvalue weighted by molar-refractivity contribution is 6.10. The van der Waals surface area contributed by atoms with Gasteiger partial charge in [-0.05, 0) is 47.5 Å². The summed E-state index contributed by atoms with van der Waals surface area (Å²) in [7, 11) is 3.02. The molecule has 2 aromatic carbocycles. The summed E-state index contributed by atoms with van der Waals surface area (Å²) in [4.78, 5) is 28.5. The monoisotopic (exact) mass is 539 g/mol. The molecule has 0 atom stereocenters.